The summed E-state index contributed by atoms with van der Waals surface area (Å²) >= 11 is 0. The Kier molecular flexibility index (Phi) is 11.1. The number of esters is 1. The molecule has 0 amide bonds. The monoisotopic (exact) mass is 267 g/mol. The zero-order chi connectivity index (χ0) is 13.9. The number of carbonyl (C=O) groups excluding carboxylic acids is 1. The smallest absolute Gasteiger partial charge is 0.330 e. The molecule has 0 aliphatic carbocycles. The zero-order valence-electron chi connectivity index (χ0n) is 10.5. The number of rotatable bonds is 6. The summed E-state index contributed by atoms with van der Waals surface area (Å²) in [5.74, 6) is -0.535. The Morgan fingerprint density at radius 2 is 2.00 bits per heavy atom. The van der Waals surface area contributed by atoms with E-state index in [1.54, 1.807) is 19.0 Å². The number of hydrogen-bond acceptors (Lipinski definition) is 5. The highest BCUT2D eigenvalue weighted by atomic mass is 32.2. The lowest BCUT2D eigenvalue weighted by molar-refractivity contribution is -0.137. The fraction of sp³-hybridized carbons (Fsp3) is 0.700. The molecule has 17 heavy (non-hydrogen) atoms. The lowest BCUT2D eigenvalue weighted by Gasteiger charge is -2.05. The summed E-state index contributed by atoms with van der Waals surface area (Å²) in [6, 6.07) is 0. The van der Waals surface area contributed by atoms with Crippen molar-refractivity contribution in [1.82, 2.24) is 4.90 Å². The van der Waals surface area contributed by atoms with Gasteiger partial charge < -0.3 is 9.64 Å². The molecule has 102 valence electrons. The fourth-order valence-electron chi connectivity index (χ4n) is 0.560. The van der Waals surface area contributed by atoms with Gasteiger partial charge in [-0.1, -0.05) is 13.5 Å². The van der Waals surface area contributed by atoms with Crippen LogP contribution >= 0.6 is 0 Å². The highest BCUT2D eigenvalue weighted by Gasteiger charge is 2.03. The van der Waals surface area contributed by atoms with Gasteiger partial charge in [0.2, 0.25) is 0 Å². The van der Waals surface area contributed by atoms with Crippen molar-refractivity contribution in [3.05, 3.63) is 12.7 Å². The Hall–Kier alpha value is -0.920. The van der Waals surface area contributed by atoms with E-state index in [0.717, 1.165) is 12.5 Å². The van der Waals surface area contributed by atoms with Crippen molar-refractivity contribution < 1.29 is 22.5 Å². The van der Waals surface area contributed by atoms with E-state index in [-0.39, 0.29) is 11.7 Å². The summed E-state index contributed by atoms with van der Waals surface area (Å²) in [6.07, 6.45) is 2.02. The predicted molar refractivity (Wildman–Crippen MR) is 66.4 cm³/mol. The van der Waals surface area contributed by atoms with Crippen molar-refractivity contribution in [2.24, 2.45) is 0 Å². The minimum atomic E-state index is -3.76. The zero-order valence-corrected chi connectivity index (χ0v) is 11.4. The number of hydrogen-bond donors (Lipinski definition) is 1. The third-order valence-electron chi connectivity index (χ3n) is 1.41. The minimum Gasteiger partial charge on any atom is -0.463 e. The molecular formula is C10H21NO5S. The molecule has 0 saturated heterocycles. The van der Waals surface area contributed by atoms with Crippen LogP contribution in [0.1, 0.15) is 13.3 Å². The van der Waals surface area contributed by atoms with Gasteiger partial charge in [-0.15, -0.1) is 0 Å². The molecule has 0 atom stereocenters. The van der Waals surface area contributed by atoms with Gasteiger partial charge in [0, 0.05) is 12.6 Å². The van der Waals surface area contributed by atoms with E-state index in [2.05, 4.69) is 11.3 Å². The van der Waals surface area contributed by atoms with Crippen molar-refractivity contribution >= 4 is 16.1 Å². The summed E-state index contributed by atoms with van der Waals surface area (Å²) in [6.45, 7) is 6.03. The van der Waals surface area contributed by atoms with E-state index in [1.807, 2.05) is 6.92 Å². The first kappa shape index (κ1) is 18.4. The number of ether oxygens (including phenoxy) is 1. The molecule has 0 aromatic heterocycles. The molecule has 0 unspecified atom stereocenters. The summed E-state index contributed by atoms with van der Waals surface area (Å²) < 4.78 is 32.9. The van der Waals surface area contributed by atoms with Crippen LogP contribution in [0.4, 0.5) is 0 Å². The van der Waals surface area contributed by atoms with Crippen LogP contribution in [-0.4, -0.2) is 56.8 Å². The third kappa shape index (κ3) is 21.0. The van der Waals surface area contributed by atoms with Gasteiger partial charge in [-0.2, -0.15) is 8.42 Å². The Balaban J connectivity index is 0. The maximum absolute atomic E-state index is 10.2. The van der Waals surface area contributed by atoms with Gasteiger partial charge in [-0.3, -0.25) is 4.55 Å². The quantitative estimate of drug-likeness (QED) is 0.430. The van der Waals surface area contributed by atoms with Crippen LogP contribution in [0.25, 0.3) is 0 Å². The number of nitrogens with zero attached hydrogens (tertiary/aromatic N) is 1. The van der Waals surface area contributed by atoms with Gasteiger partial charge in [0.1, 0.15) is 0 Å². The standard InChI is InChI=1S/C6H10O2.C4H11NO3S/c1-3-5-8-6(7)4-2;1-5(2)3-4-9(6,7)8/h4H,2-3,5H2,1H3;3-4H2,1-2H3,(H,6,7,8). The van der Waals surface area contributed by atoms with Crippen LogP contribution in [0.2, 0.25) is 0 Å². The van der Waals surface area contributed by atoms with Gasteiger partial charge in [0.05, 0.1) is 12.4 Å². The maximum Gasteiger partial charge on any atom is 0.330 e. The van der Waals surface area contributed by atoms with E-state index < -0.39 is 10.1 Å². The van der Waals surface area contributed by atoms with Crippen LogP contribution in [0.15, 0.2) is 12.7 Å². The molecule has 0 aromatic carbocycles. The number of carbonyl (C=O) groups is 1. The molecule has 7 heteroatoms. The van der Waals surface area contributed by atoms with Crippen molar-refractivity contribution in [2.75, 3.05) is 33.0 Å². The van der Waals surface area contributed by atoms with Crippen LogP contribution in [0, 0.1) is 0 Å². The van der Waals surface area contributed by atoms with Crippen molar-refractivity contribution in [3.63, 3.8) is 0 Å². The Labute approximate surface area is 103 Å². The Morgan fingerprint density at radius 3 is 2.24 bits per heavy atom. The molecular weight excluding hydrogens is 246 g/mol. The predicted octanol–water partition coefficient (Wildman–Crippen LogP) is 0.561. The van der Waals surface area contributed by atoms with Gasteiger partial charge in [0.15, 0.2) is 0 Å². The second-order valence-corrected chi connectivity index (χ2v) is 5.03. The van der Waals surface area contributed by atoms with E-state index in [4.69, 9.17) is 4.55 Å². The minimum absolute atomic E-state index is 0.194. The largest absolute Gasteiger partial charge is 0.463 e. The Morgan fingerprint density at radius 1 is 1.47 bits per heavy atom. The normalized spacial score (nSPS) is 10.4. The summed E-state index contributed by atoms with van der Waals surface area (Å²) in [5.41, 5.74) is 0. The molecule has 0 saturated carbocycles. The van der Waals surface area contributed by atoms with E-state index in [1.165, 1.54) is 0 Å². The van der Waals surface area contributed by atoms with Gasteiger partial charge in [-0.05, 0) is 20.5 Å². The Bertz CT molecular complexity index is 311. The molecule has 0 aliphatic heterocycles. The molecule has 0 radical (unpaired) electrons. The van der Waals surface area contributed by atoms with Crippen molar-refractivity contribution in [2.45, 2.75) is 13.3 Å². The second kappa shape index (κ2) is 10.2. The molecule has 0 aromatic rings. The molecule has 0 fully saturated rings. The molecule has 0 spiro atoms. The van der Waals surface area contributed by atoms with E-state index >= 15 is 0 Å². The molecule has 1 N–H and O–H groups in total. The van der Waals surface area contributed by atoms with Crippen LogP contribution < -0.4 is 0 Å². The molecule has 0 rings (SSSR count). The van der Waals surface area contributed by atoms with Gasteiger partial charge in [-0.25, -0.2) is 4.79 Å². The van der Waals surface area contributed by atoms with Gasteiger partial charge in [0.25, 0.3) is 10.1 Å². The average molecular weight is 267 g/mol. The van der Waals surface area contributed by atoms with E-state index in [9.17, 15) is 13.2 Å². The van der Waals surface area contributed by atoms with Crippen LogP contribution in [-0.2, 0) is 19.6 Å². The van der Waals surface area contributed by atoms with Crippen molar-refractivity contribution in [3.8, 4) is 0 Å². The summed E-state index contributed by atoms with van der Waals surface area (Å²) in [7, 11) is -0.278. The third-order valence-corrected chi connectivity index (χ3v) is 2.11. The lowest BCUT2D eigenvalue weighted by atomic mass is 10.5. The lowest BCUT2D eigenvalue weighted by Crippen LogP contribution is -2.21. The summed E-state index contributed by atoms with van der Waals surface area (Å²) in [4.78, 5) is 11.9. The molecule has 0 aliphatic rings. The average Bonchev–Trinajstić information content (AvgIpc) is 2.23. The first-order chi connectivity index (χ1) is 7.72. The second-order valence-electron chi connectivity index (χ2n) is 3.46. The van der Waals surface area contributed by atoms with Crippen LogP contribution in [0.5, 0.6) is 0 Å². The van der Waals surface area contributed by atoms with Gasteiger partial charge >= 0.3 is 5.97 Å². The molecule has 6 nitrogen and oxygen atoms in total. The molecule has 0 heterocycles. The maximum atomic E-state index is 10.2. The van der Waals surface area contributed by atoms with E-state index in [0.29, 0.717) is 13.2 Å². The molecule has 0 bridgehead atoms. The van der Waals surface area contributed by atoms with Crippen molar-refractivity contribution in [1.29, 1.82) is 0 Å². The topological polar surface area (TPSA) is 83.9 Å². The SMILES string of the molecule is C=CC(=O)OCCC.CN(C)CCS(=O)(=O)O. The fourth-order valence-corrected chi connectivity index (χ4v) is 1.16. The first-order valence-corrected chi connectivity index (χ1v) is 6.73. The van der Waals surface area contributed by atoms with Crippen LogP contribution in [0.3, 0.4) is 0 Å². The highest BCUT2D eigenvalue weighted by molar-refractivity contribution is 7.85. The highest BCUT2D eigenvalue weighted by Crippen LogP contribution is 1.82. The summed E-state index contributed by atoms with van der Waals surface area (Å²) in [5, 5.41) is 0. The first-order valence-electron chi connectivity index (χ1n) is 5.12.